The highest BCUT2D eigenvalue weighted by atomic mass is 16.6. The molecule has 0 aliphatic carbocycles. The molecule has 7 nitrogen and oxygen atoms in total. The minimum atomic E-state index is -0.651. The zero-order chi connectivity index (χ0) is 19.2. The van der Waals surface area contributed by atoms with E-state index in [4.69, 9.17) is 9.47 Å². The summed E-state index contributed by atoms with van der Waals surface area (Å²) in [6, 6.07) is 12.5. The monoisotopic (exact) mass is 369 g/mol. The first-order chi connectivity index (χ1) is 13.1. The van der Waals surface area contributed by atoms with Crippen LogP contribution < -0.4 is 4.57 Å². The summed E-state index contributed by atoms with van der Waals surface area (Å²) in [6.07, 6.45) is 3.07. The summed E-state index contributed by atoms with van der Waals surface area (Å²) >= 11 is 0. The SMILES string of the molecule is CCOC(=O)C[n+]1cccc(C(=O)N2C(=O)OC[C@@H]2Cc2ccccc2)c1. The first-order valence-electron chi connectivity index (χ1n) is 8.77. The highest BCUT2D eigenvalue weighted by Gasteiger charge is 2.39. The molecule has 1 aliphatic rings. The lowest BCUT2D eigenvalue weighted by atomic mass is 10.1. The molecule has 7 heteroatoms. The Kier molecular flexibility index (Phi) is 5.80. The van der Waals surface area contributed by atoms with E-state index in [1.807, 2.05) is 30.3 Å². The van der Waals surface area contributed by atoms with Crippen molar-refractivity contribution in [2.45, 2.75) is 25.9 Å². The van der Waals surface area contributed by atoms with E-state index in [1.54, 1.807) is 29.8 Å². The summed E-state index contributed by atoms with van der Waals surface area (Å²) in [5.74, 6) is -0.841. The Bertz CT molecular complexity index is 837. The van der Waals surface area contributed by atoms with E-state index in [0.29, 0.717) is 18.6 Å². The van der Waals surface area contributed by atoms with Crippen molar-refractivity contribution in [3.63, 3.8) is 0 Å². The Morgan fingerprint density at radius 1 is 1.22 bits per heavy atom. The van der Waals surface area contributed by atoms with Crippen LogP contribution in [0, 0.1) is 0 Å². The van der Waals surface area contributed by atoms with E-state index < -0.39 is 18.0 Å². The summed E-state index contributed by atoms with van der Waals surface area (Å²) in [6.45, 7) is 2.18. The third-order valence-corrected chi connectivity index (χ3v) is 4.22. The number of imide groups is 1. The van der Waals surface area contributed by atoms with Gasteiger partial charge in [-0.3, -0.25) is 4.79 Å². The number of nitrogens with zero attached hydrogens (tertiary/aromatic N) is 2. The summed E-state index contributed by atoms with van der Waals surface area (Å²) in [4.78, 5) is 37.9. The minimum absolute atomic E-state index is 0.00709. The van der Waals surface area contributed by atoms with Crippen molar-refractivity contribution in [3.05, 3.63) is 66.0 Å². The maximum Gasteiger partial charge on any atom is 0.417 e. The molecule has 27 heavy (non-hydrogen) atoms. The average molecular weight is 369 g/mol. The Hall–Kier alpha value is -3.22. The van der Waals surface area contributed by atoms with Gasteiger partial charge in [0.1, 0.15) is 12.2 Å². The van der Waals surface area contributed by atoms with Crippen LogP contribution in [0.3, 0.4) is 0 Å². The Balaban J connectivity index is 1.76. The second-order valence-electron chi connectivity index (χ2n) is 6.17. The quantitative estimate of drug-likeness (QED) is 0.573. The number of cyclic esters (lactones) is 1. The first kappa shape index (κ1) is 18.6. The molecular weight excluding hydrogens is 348 g/mol. The lowest BCUT2D eigenvalue weighted by Crippen LogP contribution is -2.43. The van der Waals surface area contributed by atoms with Gasteiger partial charge in [-0.25, -0.2) is 14.5 Å². The molecule has 1 fully saturated rings. The molecule has 1 atom stereocenters. The first-order valence-corrected chi connectivity index (χ1v) is 8.77. The van der Waals surface area contributed by atoms with E-state index in [9.17, 15) is 14.4 Å². The number of rotatable bonds is 6. The average Bonchev–Trinajstić information content (AvgIpc) is 3.02. The molecule has 0 saturated carbocycles. The molecule has 0 radical (unpaired) electrons. The molecule has 0 bridgehead atoms. The van der Waals surface area contributed by atoms with Crippen molar-refractivity contribution in [2.24, 2.45) is 0 Å². The molecule has 0 unspecified atom stereocenters. The number of ether oxygens (including phenoxy) is 2. The smallest absolute Gasteiger partial charge is 0.417 e. The molecule has 1 saturated heterocycles. The van der Waals surface area contributed by atoms with Crippen LogP contribution in [0.5, 0.6) is 0 Å². The van der Waals surface area contributed by atoms with Gasteiger partial charge in [0, 0.05) is 6.07 Å². The summed E-state index contributed by atoms with van der Waals surface area (Å²) < 4.78 is 11.6. The molecule has 3 rings (SSSR count). The van der Waals surface area contributed by atoms with Gasteiger partial charge in [-0.2, -0.15) is 4.57 Å². The number of esters is 1. The number of benzene rings is 1. The summed E-state index contributed by atoms with van der Waals surface area (Å²) in [5.41, 5.74) is 1.32. The third-order valence-electron chi connectivity index (χ3n) is 4.22. The molecular formula is C20H21N2O5+. The fourth-order valence-electron chi connectivity index (χ4n) is 2.99. The third kappa shape index (κ3) is 4.49. The van der Waals surface area contributed by atoms with Gasteiger partial charge in [0.15, 0.2) is 12.4 Å². The molecule has 0 spiro atoms. The lowest BCUT2D eigenvalue weighted by Gasteiger charge is -2.19. The van der Waals surface area contributed by atoms with Crippen molar-refractivity contribution < 1.29 is 28.4 Å². The number of carbonyl (C=O) groups is 3. The standard InChI is InChI=1S/C20H21N2O5/c1-2-26-18(23)13-21-10-6-9-16(12-21)19(24)22-17(14-27-20(22)25)11-15-7-4-3-5-8-15/h3-10,12,17H,2,11,13-14H2,1H3/q+1/t17-/m0/s1. The molecule has 1 aliphatic heterocycles. The molecule has 140 valence electrons. The van der Waals surface area contributed by atoms with Crippen molar-refractivity contribution in [1.82, 2.24) is 4.90 Å². The van der Waals surface area contributed by atoms with Gasteiger partial charge in [-0.05, 0) is 25.0 Å². The van der Waals surface area contributed by atoms with Crippen LogP contribution >= 0.6 is 0 Å². The van der Waals surface area contributed by atoms with Crippen LogP contribution in [0.2, 0.25) is 0 Å². The second kappa shape index (κ2) is 8.44. The fraction of sp³-hybridized carbons (Fsp3) is 0.300. The highest BCUT2D eigenvalue weighted by Crippen LogP contribution is 2.19. The van der Waals surface area contributed by atoms with E-state index in [2.05, 4.69) is 0 Å². The highest BCUT2D eigenvalue weighted by molar-refractivity contribution is 6.03. The van der Waals surface area contributed by atoms with Crippen LogP contribution in [0.25, 0.3) is 0 Å². The van der Waals surface area contributed by atoms with Gasteiger partial charge in [0.05, 0.1) is 12.6 Å². The normalized spacial score (nSPS) is 16.1. The zero-order valence-corrected chi connectivity index (χ0v) is 15.0. The van der Waals surface area contributed by atoms with Gasteiger partial charge in [-0.15, -0.1) is 0 Å². The van der Waals surface area contributed by atoms with Crippen LogP contribution in [0.4, 0.5) is 4.79 Å². The van der Waals surface area contributed by atoms with Crippen LogP contribution in [0.1, 0.15) is 22.8 Å². The Labute approximate surface area is 157 Å². The number of pyridine rings is 1. The van der Waals surface area contributed by atoms with Crippen LogP contribution in [0.15, 0.2) is 54.9 Å². The van der Waals surface area contributed by atoms with Crippen molar-refractivity contribution in [1.29, 1.82) is 0 Å². The van der Waals surface area contributed by atoms with Gasteiger partial charge in [-0.1, -0.05) is 30.3 Å². The molecule has 2 aromatic rings. The van der Waals surface area contributed by atoms with Crippen molar-refractivity contribution >= 4 is 18.0 Å². The molecule has 2 amide bonds. The number of aromatic nitrogens is 1. The number of amides is 2. The summed E-state index contributed by atoms with van der Waals surface area (Å²) in [5, 5.41) is 0. The Morgan fingerprint density at radius 2 is 2.00 bits per heavy atom. The number of hydrogen-bond acceptors (Lipinski definition) is 5. The van der Waals surface area contributed by atoms with Gasteiger partial charge in [0.25, 0.3) is 5.91 Å². The van der Waals surface area contributed by atoms with Crippen molar-refractivity contribution in [3.8, 4) is 0 Å². The molecule has 1 aromatic carbocycles. The maximum absolute atomic E-state index is 12.9. The van der Waals surface area contributed by atoms with E-state index in [-0.39, 0.29) is 19.2 Å². The second-order valence-corrected chi connectivity index (χ2v) is 6.17. The van der Waals surface area contributed by atoms with E-state index >= 15 is 0 Å². The van der Waals surface area contributed by atoms with E-state index in [1.165, 1.54) is 6.20 Å². The Morgan fingerprint density at radius 3 is 2.74 bits per heavy atom. The maximum atomic E-state index is 12.9. The molecule has 0 N–H and O–H groups in total. The van der Waals surface area contributed by atoms with Crippen LogP contribution in [-0.4, -0.2) is 42.1 Å². The lowest BCUT2D eigenvalue weighted by molar-refractivity contribution is -0.686. The van der Waals surface area contributed by atoms with Crippen LogP contribution in [-0.2, 0) is 27.2 Å². The van der Waals surface area contributed by atoms with Gasteiger partial charge >= 0.3 is 12.1 Å². The molecule has 2 heterocycles. The summed E-state index contributed by atoms with van der Waals surface area (Å²) in [7, 11) is 0. The number of hydrogen-bond donors (Lipinski definition) is 0. The number of carbonyl (C=O) groups excluding carboxylic acids is 3. The molecule has 1 aromatic heterocycles. The zero-order valence-electron chi connectivity index (χ0n) is 15.0. The van der Waals surface area contributed by atoms with E-state index in [0.717, 1.165) is 10.5 Å². The minimum Gasteiger partial charge on any atom is -0.461 e. The predicted molar refractivity (Wildman–Crippen MR) is 94.7 cm³/mol. The van der Waals surface area contributed by atoms with Gasteiger partial charge in [0.2, 0.25) is 6.54 Å². The van der Waals surface area contributed by atoms with Gasteiger partial charge < -0.3 is 9.47 Å². The largest absolute Gasteiger partial charge is 0.461 e. The fourth-order valence-corrected chi connectivity index (χ4v) is 2.99. The predicted octanol–water partition coefficient (Wildman–Crippen LogP) is 1.74. The topological polar surface area (TPSA) is 76.8 Å². The van der Waals surface area contributed by atoms with Crippen molar-refractivity contribution in [2.75, 3.05) is 13.2 Å².